The van der Waals surface area contributed by atoms with E-state index in [-0.39, 0.29) is 6.07 Å². The number of aliphatic hydroxyl groups is 1. The Morgan fingerprint density at radius 3 is 1.85 bits per heavy atom. The topological polar surface area (TPSA) is 69.0 Å². The molecule has 0 amide bonds. The highest BCUT2D eigenvalue weighted by molar-refractivity contribution is 5.34. The predicted octanol–water partition coefficient (Wildman–Crippen LogP) is 4.07. The minimum atomic E-state index is -4.99. The maximum Gasteiger partial charge on any atom is 0.416 e. The van der Waals surface area contributed by atoms with Crippen LogP contribution in [0.3, 0.4) is 0 Å². The zero-order valence-electron chi connectivity index (χ0n) is 9.57. The van der Waals surface area contributed by atoms with Gasteiger partial charge in [0.05, 0.1) is 23.8 Å². The zero-order valence-corrected chi connectivity index (χ0v) is 9.57. The van der Waals surface area contributed by atoms with Crippen molar-refractivity contribution in [3.05, 3.63) is 45.3 Å². The largest absolute Gasteiger partial charge is 0.416 e. The SMILES string of the molecule is [N-]=[N+]=NC[C@@H](O)c1cc(C(F)(F)F)cc(C(F)(F)F)c1. The molecule has 0 spiro atoms. The lowest BCUT2D eigenvalue weighted by Gasteiger charge is -2.16. The number of alkyl halides is 6. The van der Waals surface area contributed by atoms with Crippen LogP contribution in [0.4, 0.5) is 26.3 Å². The third-order valence-electron chi connectivity index (χ3n) is 2.31. The van der Waals surface area contributed by atoms with E-state index in [2.05, 4.69) is 10.0 Å². The average Bonchev–Trinajstić information content (AvgIpc) is 2.33. The van der Waals surface area contributed by atoms with Crippen LogP contribution in [-0.2, 0) is 12.4 Å². The van der Waals surface area contributed by atoms with Crippen LogP contribution in [-0.4, -0.2) is 11.7 Å². The highest BCUT2D eigenvalue weighted by Crippen LogP contribution is 2.37. The Kier molecular flexibility index (Phi) is 4.51. The van der Waals surface area contributed by atoms with Crippen LogP contribution in [0, 0.1) is 0 Å². The molecular formula is C10H7F6N3O. The van der Waals surface area contributed by atoms with Gasteiger partial charge in [-0.2, -0.15) is 26.3 Å². The molecule has 4 nitrogen and oxygen atoms in total. The second-order valence-corrected chi connectivity index (χ2v) is 3.77. The summed E-state index contributed by atoms with van der Waals surface area (Å²) >= 11 is 0. The quantitative estimate of drug-likeness (QED) is 0.389. The van der Waals surface area contributed by atoms with Crippen LogP contribution in [0.25, 0.3) is 10.4 Å². The lowest BCUT2D eigenvalue weighted by Crippen LogP contribution is -2.13. The molecule has 0 heterocycles. The third kappa shape index (κ3) is 4.04. The first-order valence-electron chi connectivity index (χ1n) is 5.04. The summed E-state index contributed by atoms with van der Waals surface area (Å²) in [4.78, 5) is 2.26. The lowest BCUT2D eigenvalue weighted by molar-refractivity contribution is -0.143. The Morgan fingerprint density at radius 2 is 1.50 bits per heavy atom. The van der Waals surface area contributed by atoms with Gasteiger partial charge in [-0.1, -0.05) is 5.11 Å². The van der Waals surface area contributed by atoms with Crippen LogP contribution >= 0.6 is 0 Å². The molecule has 0 saturated carbocycles. The predicted molar refractivity (Wildman–Crippen MR) is 55.4 cm³/mol. The van der Waals surface area contributed by atoms with Crippen molar-refractivity contribution in [2.75, 3.05) is 6.54 Å². The zero-order chi connectivity index (χ0) is 15.6. The van der Waals surface area contributed by atoms with Gasteiger partial charge in [0.2, 0.25) is 0 Å². The average molecular weight is 299 g/mol. The van der Waals surface area contributed by atoms with Crippen LogP contribution in [0.2, 0.25) is 0 Å². The molecule has 1 N–H and O–H groups in total. The van der Waals surface area contributed by atoms with Crippen LogP contribution < -0.4 is 0 Å². The molecule has 0 fully saturated rings. The first-order valence-corrected chi connectivity index (χ1v) is 5.04. The van der Waals surface area contributed by atoms with E-state index in [1.165, 1.54) is 0 Å². The fourth-order valence-corrected chi connectivity index (χ4v) is 1.39. The first kappa shape index (κ1) is 16.1. The third-order valence-corrected chi connectivity index (χ3v) is 2.31. The van der Waals surface area contributed by atoms with E-state index < -0.39 is 41.7 Å². The number of hydrogen-bond donors (Lipinski definition) is 1. The second-order valence-electron chi connectivity index (χ2n) is 3.77. The Morgan fingerprint density at radius 1 is 1.05 bits per heavy atom. The van der Waals surface area contributed by atoms with Gasteiger partial charge in [-0.3, -0.25) is 0 Å². The maximum absolute atomic E-state index is 12.5. The first-order chi connectivity index (χ1) is 9.05. The Balaban J connectivity index is 3.34. The van der Waals surface area contributed by atoms with Crippen molar-refractivity contribution in [1.82, 2.24) is 0 Å². The molecule has 1 rings (SSSR count). The van der Waals surface area contributed by atoms with Gasteiger partial charge in [-0.05, 0) is 29.3 Å². The summed E-state index contributed by atoms with van der Waals surface area (Å²) in [5.74, 6) is 0. The molecule has 110 valence electrons. The fraction of sp³-hybridized carbons (Fsp3) is 0.400. The minimum Gasteiger partial charge on any atom is -0.388 e. The molecule has 0 radical (unpaired) electrons. The van der Waals surface area contributed by atoms with E-state index >= 15 is 0 Å². The molecule has 0 aliphatic heterocycles. The Hall–Kier alpha value is -1.93. The highest BCUT2D eigenvalue weighted by atomic mass is 19.4. The standard InChI is InChI=1S/C10H7F6N3O/c11-9(12,13)6-1-5(8(20)4-18-19-17)2-7(3-6)10(14,15)16/h1-3,8,20H,4H2/t8-/m1/s1. The van der Waals surface area contributed by atoms with E-state index in [4.69, 9.17) is 5.53 Å². The minimum absolute atomic E-state index is 0.0518. The Labute approximate surface area is 108 Å². The van der Waals surface area contributed by atoms with E-state index in [0.29, 0.717) is 12.1 Å². The van der Waals surface area contributed by atoms with Crippen molar-refractivity contribution >= 4 is 0 Å². The number of halogens is 6. The summed E-state index contributed by atoms with van der Waals surface area (Å²) in [6.45, 7) is -0.672. The van der Waals surface area contributed by atoms with E-state index in [1.54, 1.807) is 0 Å². The summed E-state index contributed by atoms with van der Waals surface area (Å²) in [5, 5.41) is 12.3. The number of aliphatic hydroxyl groups excluding tert-OH is 1. The van der Waals surface area contributed by atoms with Gasteiger partial charge in [0, 0.05) is 4.91 Å². The van der Waals surface area contributed by atoms with E-state index in [1.807, 2.05) is 0 Å². The molecule has 1 aromatic carbocycles. The summed E-state index contributed by atoms with van der Waals surface area (Å²) in [6, 6.07) is 0.712. The van der Waals surface area contributed by atoms with Crippen molar-refractivity contribution in [1.29, 1.82) is 0 Å². The summed E-state index contributed by atoms with van der Waals surface area (Å²) < 4.78 is 75.1. The molecule has 0 saturated heterocycles. The maximum atomic E-state index is 12.5. The van der Waals surface area contributed by atoms with Crippen molar-refractivity contribution in [2.24, 2.45) is 5.11 Å². The van der Waals surface area contributed by atoms with Gasteiger partial charge in [0.1, 0.15) is 0 Å². The molecular weight excluding hydrogens is 292 g/mol. The van der Waals surface area contributed by atoms with Gasteiger partial charge < -0.3 is 5.11 Å². The fourth-order valence-electron chi connectivity index (χ4n) is 1.39. The Bertz CT molecular complexity index is 501. The van der Waals surface area contributed by atoms with Crippen LogP contribution in [0.5, 0.6) is 0 Å². The van der Waals surface area contributed by atoms with Crippen molar-refractivity contribution in [2.45, 2.75) is 18.5 Å². The summed E-state index contributed by atoms with van der Waals surface area (Å²) in [5.41, 5.74) is 4.31. The number of hydrogen-bond acceptors (Lipinski definition) is 2. The number of rotatable bonds is 3. The van der Waals surface area contributed by atoms with Crippen LogP contribution in [0.15, 0.2) is 23.3 Å². The monoisotopic (exact) mass is 299 g/mol. The highest BCUT2D eigenvalue weighted by Gasteiger charge is 2.37. The van der Waals surface area contributed by atoms with Gasteiger partial charge in [0.15, 0.2) is 0 Å². The molecule has 0 bridgehead atoms. The molecule has 10 heteroatoms. The molecule has 1 aromatic rings. The summed E-state index contributed by atoms with van der Waals surface area (Å²) in [7, 11) is 0. The number of azide groups is 1. The van der Waals surface area contributed by atoms with Crippen molar-refractivity contribution < 1.29 is 31.4 Å². The van der Waals surface area contributed by atoms with E-state index in [0.717, 1.165) is 0 Å². The molecule has 1 atom stereocenters. The molecule has 0 aromatic heterocycles. The molecule has 0 aliphatic rings. The van der Waals surface area contributed by atoms with Gasteiger partial charge in [0.25, 0.3) is 0 Å². The van der Waals surface area contributed by atoms with Gasteiger partial charge in [-0.25, -0.2) is 0 Å². The molecule has 0 aliphatic carbocycles. The number of nitrogens with zero attached hydrogens (tertiary/aromatic N) is 3. The number of benzene rings is 1. The van der Waals surface area contributed by atoms with Crippen molar-refractivity contribution in [3.63, 3.8) is 0 Å². The smallest absolute Gasteiger partial charge is 0.388 e. The van der Waals surface area contributed by atoms with Crippen LogP contribution in [0.1, 0.15) is 22.8 Å². The lowest BCUT2D eigenvalue weighted by atomic mass is 10.0. The van der Waals surface area contributed by atoms with Gasteiger partial charge in [-0.15, -0.1) is 0 Å². The second kappa shape index (κ2) is 5.59. The van der Waals surface area contributed by atoms with Crippen molar-refractivity contribution in [3.8, 4) is 0 Å². The van der Waals surface area contributed by atoms with Gasteiger partial charge >= 0.3 is 12.4 Å². The van der Waals surface area contributed by atoms with E-state index in [9.17, 15) is 31.4 Å². The summed E-state index contributed by atoms with van der Waals surface area (Å²) in [6.07, 6.45) is -11.7. The molecule has 20 heavy (non-hydrogen) atoms. The normalized spacial score (nSPS) is 13.8. The molecule has 0 unspecified atom stereocenters.